The number of hydrogen-bond donors (Lipinski definition) is 0. The fourth-order valence-corrected chi connectivity index (χ4v) is 2.68. The summed E-state index contributed by atoms with van der Waals surface area (Å²) < 4.78 is 17.2. The average Bonchev–Trinajstić information content (AvgIpc) is 2.38. The van der Waals surface area contributed by atoms with E-state index >= 15 is 0 Å². The highest BCUT2D eigenvalue weighted by atomic mass is 32.2. The third-order valence-corrected chi connectivity index (χ3v) is 3.92. The molecule has 1 atom stereocenters. The minimum atomic E-state index is -1.21. The van der Waals surface area contributed by atoms with Crippen LogP contribution in [0.3, 0.4) is 0 Å². The molecule has 0 saturated heterocycles. The zero-order valence-electron chi connectivity index (χ0n) is 10.4. The smallest absolute Gasteiger partial charge is 0.159 e. The quantitative estimate of drug-likeness (QED) is 0.584. The number of methoxy groups -OCH3 is 1. The lowest BCUT2D eigenvalue weighted by Crippen LogP contribution is -2.02. The first kappa shape index (κ1) is 14.4. The van der Waals surface area contributed by atoms with Gasteiger partial charge in [0.15, 0.2) is 5.78 Å². The summed E-state index contributed by atoms with van der Waals surface area (Å²) in [4.78, 5) is 11.8. The zero-order chi connectivity index (χ0) is 13.5. The Morgan fingerprint density at radius 2 is 2.22 bits per heavy atom. The van der Waals surface area contributed by atoms with E-state index in [9.17, 15) is 9.00 Å². The number of nitriles is 1. The van der Waals surface area contributed by atoms with E-state index in [2.05, 4.69) is 0 Å². The molecule has 1 aromatic rings. The zero-order valence-corrected chi connectivity index (χ0v) is 11.3. The van der Waals surface area contributed by atoms with Crippen molar-refractivity contribution < 1.29 is 13.7 Å². The van der Waals surface area contributed by atoms with Crippen LogP contribution in [0.2, 0.25) is 0 Å². The lowest BCUT2D eigenvalue weighted by molar-refractivity contribution is 0.101. The molecule has 0 aromatic heterocycles. The molecule has 0 aliphatic heterocycles. The second kappa shape index (κ2) is 6.92. The van der Waals surface area contributed by atoms with Crippen molar-refractivity contribution in [1.29, 1.82) is 5.26 Å². The molecule has 0 aliphatic rings. The van der Waals surface area contributed by atoms with Crippen LogP contribution in [0.4, 0.5) is 0 Å². The highest BCUT2D eigenvalue weighted by Gasteiger charge is 2.12. The molecule has 0 N–H and O–H groups in total. The van der Waals surface area contributed by atoms with Gasteiger partial charge >= 0.3 is 0 Å². The number of Topliss-reactive ketones (excluding diaryl/α,β-unsaturated/α-hetero) is 1. The molecule has 0 saturated carbocycles. The van der Waals surface area contributed by atoms with E-state index in [-0.39, 0.29) is 5.78 Å². The van der Waals surface area contributed by atoms with E-state index in [1.807, 2.05) is 6.07 Å². The van der Waals surface area contributed by atoms with Gasteiger partial charge in [-0.25, -0.2) is 0 Å². The van der Waals surface area contributed by atoms with Crippen LogP contribution in [0.15, 0.2) is 23.1 Å². The Morgan fingerprint density at radius 1 is 1.50 bits per heavy atom. The summed E-state index contributed by atoms with van der Waals surface area (Å²) in [6.45, 7) is 1.47. The van der Waals surface area contributed by atoms with Gasteiger partial charge in [-0.1, -0.05) is 0 Å². The highest BCUT2D eigenvalue weighted by molar-refractivity contribution is 7.85. The molecule has 1 aromatic carbocycles. The Labute approximate surface area is 109 Å². The number of ketones is 1. The first-order chi connectivity index (χ1) is 8.60. The number of benzene rings is 1. The number of rotatable bonds is 6. The summed E-state index contributed by atoms with van der Waals surface area (Å²) in [5, 5.41) is 8.44. The molecule has 0 fully saturated rings. The summed E-state index contributed by atoms with van der Waals surface area (Å²) >= 11 is 0. The highest BCUT2D eigenvalue weighted by Crippen LogP contribution is 2.24. The van der Waals surface area contributed by atoms with Crippen LogP contribution in [-0.4, -0.2) is 22.9 Å². The van der Waals surface area contributed by atoms with E-state index in [1.165, 1.54) is 14.0 Å². The van der Waals surface area contributed by atoms with Gasteiger partial charge in [-0.3, -0.25) is 9.00 Å². The fraction of sp³-hybridized carbons (Fsp3) is 0.385. The van der Waals surface area contributed by atoms with E-state index in [1.54, 1.807) is 18.2 Å². The predicted molar refractivity (Wildman–Crippen MR) is 69.1 cm³/mol. The summed E-state index contributed by atoms with van der Waals surface area (Å²) in [7, 11) is 0.276. The molecule has 0 spiro atoms. The SMILES string of the molecule is COc1cc(C(C)=O)ccc1S(=O)CCCC#N. The maximum atomic E-state index is 12.0. The first-order valence-electron chi connectivity index (χ1n) is 5.54. The molecule has 1 unspecified atom stereocenters. The van der Waals surface area contributed by atoms with Crippen molar-refractivity contribution in [3.63, 3.8) is 0 Å². The summed E-state index contributed by atoms with van der Waals surface area (Å²) in [6.07, 6.45) is 0.973. The van der Waals surface area contributed by atoms with Crippen molar-refractivity contribution in [2.75, 3.05) is 12.9 Å². The van der Waals surface area contributed by atoms with E-state index in [4.69, 9.17) is 10.00 Å². The summed E-state index contributed by atoms with van der Waals surface area (Å²) in [6, 6.07) is 6.91. The molecule has 0 amide bonds. The van der Waals surface area contributed by atoms with Crippen LogP contribution >= 0.6 is 0 Å². The van der Waals surface area contributed by atoms with Crippen LogP contribution < -0.4 is 4.74 Å². The van der Waals surface area contributed by atoms with Crippen LogP contribution in [0.25, 0.3) is 0 Å². The van der Waals surface area contributed by atoms with Gasteiger partial charge in [-0.05, 0) is 31.5 Å². The molecular weight excluding hydrogens is 250 g/mol. The topological polar surface area (TPSA) is 67.2 Å². The van der Waals surface area contributed by atoms with Crippen LogP contribution in [0.1, 0.15) is 30.1 Å². The number of carbonyl (C=O) groups excluding carboxylic acids is 1. The number of carbonyl (C=O) groups is 1. The fourth-order valence-electron chi connectivity index (χ4n) is 1.47. The Hall–Kier alpha value is -1.67. The Balaban J connectivity index is 2.92. The van der Waals surface area contributed by atoms with Crippen LogP contribution in [0.5, 0.6) is 5.75 Å². The Bertz CT molecular complexity index is 505. The molecule has 5 heteroatoms. The van der Waals surface area contributed by atoms with Gasteiger partial charge in [-0.15, -0.1) is 0 Å². The van der Waals surface area contributed by atoms with Crippen LogP contribution in [-0.2, 0) is 10.8 Å². The number of ether oxygens (including phenoxy) is 1. The van der Waals surface area contributed by atoms with Gasteiger partial charge in [0, 0.05) is 17.7 Å². The van der Waals surface area contributed by atoms with E-state index in [0.717, 1.165) is 0 Å². The van der Waals surface area contributed by atoms with Gasteiger partial charge in [0.25, 0.3) is 0 Å². The number of nitrogens with zero attached hydrogens (tertiary/aromatic N) is 1. The summed E-state index contributed by atoms with van der Waals surface area (Å²) in [5.41, 5.74) is 0.532. The molecule has 0 radical (unpaired) electrons. The van der Waals surface area contributed by atoms with Crippen molar-refractivity contribution in [3.8, 4) is 11.8 Å². The van der Waals surface area contributed by atoms with Crippen molar-refractivity contribution in [2.45, 2.75) is 24.7 Å². The third-order valence-electron chi connectivity index (χ3n) is 2.43. The molecule has 0 bridgehead atoms. The van der Waals surface area contributed by atoms with Gasteiger partial charge in [0.2, 0.25) is 0 Å². The lowest BCUT2D eigenvalue weighted by Gasteiger charge is -2.09. The van der Waals surface area contributed by atoms with E-state index < -0.39 is 10.8 Å². The minimum Gasteiger partial charge on any atom is -0.495 e. The predicted octanol–water partition coefficient (Wildman–Crippen LogP) is 2.31. The standard InChI is InChI=1S/C13H15NO3S/c1-10(15)11-5-6-13(12(9-11)17-2)18(16)8-4-3-7-14/h5-6,9H,3-4,8H2,1-2H3. The van der Waals surface area contributed by atoms with Crippen LogP contribution in [0, 0.1) is 11.3 Å². The lowest BCUT2D eigenvalue weighted by atomic mass is 10.1. The normalized spacial score (nSPS) is 11.6. The molecule has 0 heterocycles. The molecule has 0 aliphatic carbocycles. The monoisotopic (exact) mass is 265 g/mol. The maximum Gasteiger partial charge on any atom is 0.159 e. The maximum absolute atomic E-state index is 12.0. The first-order valence-corrected chi connectivity index (χ1v) is 6.86. The Kier molecular flexibility index (Phi) is 5.53. The van der Waals surface area contributed by atoms with Crippen molar-refractivity contribution in [1.82, 2.24) is 0 Å². The third kappa shape index (κ3) is 3.67. The second-order valence-corrected chi connectivity index (χ2v) is 5.27. The molecule has 18 heavy (non-hydrogen) atoms. The van der Waals surface area contributed by atoms with Gasteiger partial charge in [0.1, 0.15) is 5.75 Å². The largest absolute Gasteiger partial charge is 0.495 e. The second-order valence-electron chi connectivity index (χ2n) is 3.73. The summed E-state index contributed by atoms with van der Waals surface area (Å²) in [5.74, 6) is 0.816. The van der Waals surface area contributed by atoms with Crippen molar-refractivity contribution in [2.24, 2.45) is 0 Å². The average molecular weight is 265 g/mol. The molecule has 4 nitrogen and oxygen atoms in total. The van der Waals surface area contributed by atoms with Crippen molar-refractivity contribution >= 4 is 16.6 Å². The van der Waals surface area contributed by atoms with Gasteiger partial charge < -0.3 is 4.74 Å². The minimum absolute atomic E-state index is 0.0601. The van der Waals surface area contributed by atoms with Gasteiger partial charge in [0.05, 0.1) is 28.9 Å². The van der Waals surface area contributed by atoms with Crippen molar-refractivity contribution in [3.05, 3.63) is 23.8 Å². The van der Waals surface area contributed by atoms with E-state index in [0.29, 0.717) is 34.8 Å². The molecule has 96 valence electrons. The number of hydrogen-bond acceptors (Lipinski definition) is 4. The molecular formula is C13H15NO3S. The van der Waals surface area contributed by atoms with Gasteiger partial charge in [-0.2, -0.15) is 5.26 Å². The number of unbranched alkanes of at least 4 members (excludes halogenated alkanes) is 1. The Morgan fingerprint density at radius 3 is 2.78 bits per heavy atom. The molecule has 1 rings (SSSR count).